The van der Waals surface area contributed by atoms with Crippen LogP contribution >= 0.6 is 11.3 Å². The molecule has 0 radical (unpaired) electrons. The molecule has 0 amide bonds. The SMILES string of the molecule is CCCc1ccc(C2(C(C)O)CC2)s1. The molecule has 1 N–H and O–H groups in total. The molecule has 1 nitrogen and oxygen atoms in total. The minimum atomic E-state index is -0.185. The van der Waals surface area contributed by atoms with Crippen LogP contribution < -0.4 is 0 Å². The van der Waals surface area contributed by atoms with Gasteiger partial charge in [0.15, 0.2) is 0 Å². The van der Waals surface area contributed by atoms with Crippen LogP contribution in [0.15, 0.2) is 12.1 Å². The Bertz CT molecular complexity index is 310. The van der Waals surface area contributed by atoms with E-state index in [-0.39, 0.29) is 11.5 Å². The van der Waals surface area contributed by atoms with Crippen LogP contribution in [-0.4, -0.2) is 11.2 Å². The Morgan fingerprint density at radius 2 is 2.21 bits per heavy atom. The monoisotopic (exact) mass is 210 g/mol. The first-order valence-corrected chi connectivity index (χ1v) is 6.28. The Morgan fingerprint density at radius 3 is 2.71 bits per heavy atom. The quantitative estimate of drug-likeness (QED) is 0.809. The van der Waals surface area contributed by atoms with Crippen molar-refractivity contribution in [1.82, 2.24) is 0 Å². The van der Waals surface area contributed by atoms with Crippen molar-refractivity contribution in [2.24, 2.45) is 0 Å². The third-order valence-electron chi connectivity index (χ3n) is 3.24. The van der Waals surface area contributed by atoms with Gasteiger partial charge in [-0.3, -0.25) is 0 Å². The van der Waals surface area contributed by atoms with Crippen LogP contribution in [0.2, 0.25) is 0 Å². The summed E-state index contributed by atoms with van der Waals surface area (Å²) in [6.45, 7) is 4.13. The summed E-state index contributed by atoms with van der Waals surface area (Å²) < 4.78 is 0. The molecule has 1 aromatic heterocycles. The van der Waals surface area contributed by atoms with Gasteiger partial charge in [-0.25, -0.2) is 0 Å². The highest BCUT2D eigenvalue weighted by Gasteiger charge is 2.49. The lowest BCUT2D eigenvalue weighted by Crippen LogP contribution is -2.21. The van der Waals surface area contributed by atoms with Crippen molar-refractivity contribution in [1.29, 1.82) is 0 Å². The molecule has 0 spiro atoms. The summed E-state index contributed by atoms with van der Waals surface area (Å²) >= 11 is 1.90. The van der Waals surface area contributed by atoms with Crippen LogP contribution in [0.1, 0.15) is 42.9 Å². The largest absolute Gasteiger partial charge is 0.392 e. The fourth-order valence-corrected chi connectivity index (χ4v) is 3.47. The molecule has 1 saturated carbocycles. The lowest BCUT2D eigenvalue weighted by atomic mass is 9.99. The van der Waals surface area contributed by atoms with Crippen molar-refractivity contribution in [2.75, 3.05) is 0 Å². The van der Waals surface area contributed by atoms with Gasteiger partial charge in [0.05, 0.1) is 6.10 Å². The molecule has 0 saturated heterocycles. The van der Waals surface area contributed by atoms with Crippen LogP contribution in [0.5, 0.6) is 0 Å². The second-order valence-corrected chi connectivity index (χ2v) is 5.52. The Balaban J connectivity index is 2.17. The normalized spacial score (nSPS) is 20.8. The van der Waals surface area contributed by atoms with Crippen molar-refractivity contribution >= 4 is 11.3 Å². The smallest absolute Gasteiger partial charge is 0.0616 e. The summed E-state index contributed by atoms with van der Waals surface area (Å²) in [5.41, 5.74) is 0.136. The Labute approximate surface area is 89.8 Å². The Hall–Kier alpha value is -0.340. The summed E-state index contributed by atoms with van der Waals surface area (Å²) in [5.74, 6) is 0. The molecule has 2 heteroatoms. The third-order valence-corrected chi connectivity index (χ3v) is 4.60. The van der Waals surface area contributed by atoms with E-state index in [1.165, 1.54) is 22.6 Å². The molecule has 0 aliphatic heterocycles. The van der Waals surface area contributed by atoms with Gasteiger partial charge in [0.2, 0.25) is 0 Å². The van der Waals surface area contributed by atoms with Crippen molar-refractivity contribution in [2.45, 2.75) is 51.0 Å². The summed E-state index contributed by atoms with van der Waals surface area (Å²) in [6, 6.07) is 4.45. The number of rotatable bonds is 4. The molecule has 1 aliphatic carbocycles. The molecule has 14 heavy (non-hydrogen) atoms. The first kappa shape index (κ1) is 10.2. The first-order chi connectivity index (χ1) is 6.69. The number of aliphatic hydroxyl groups is 1. The number of hydrogen-bond acceptors (Lipinski definition) is 2. The third kappa shape index (κ3) is 1.61. The van der Waals surface area contributed by atoms with E-state index in [2.05, 4.69) is 19.1 Å². The van der Waals surface area contributed by atoms with E-state index in [0.717, 1.165) is 12.8 Å². The van der Waals surface area contributed by atoms with E-state index in [0.29, 0.717) is 0 Å². The highest BCUT2D eigenvalue weighted by atomic mass is 32.1. The molecular weight excluding hydrogens is 192 g/mol. The number of aryl methyl sites for hydroxylation is 1. The van der Waals surface area contributed by atoms with Gasteiger partial charge >= 0.3 is 0 Å². The van der Waals surface area contributed by atoms with Crippen LogP contribution in [0, 0.1) is 0 Å². The minimum Gasteiger partial charge on any atom is -0.392 e. The number of thiophene rings is 1. The second kappa shape index (κ2) is 3.67. The van der Waals surface area contributed by atoms with Gasteiger partial charge in [0, 0.05) is 15.2 Å². The Kier molecular flexibility index (Phi) is 2.67. The summed E-state index contributed by atoms with van der Waals surface area (Å²) in [4.78, 5) is 2.87. The van der Waals surface area contributed by atoms with Gasteiger partial charge < -0.3 is 5.11 Å². The van der Waals surface area contributed by atoms with E-state index in [4.69, 9.17) is 0 Å². The molecular formula is C12H18OS. The molecule has 78 valence electrons. The molecule has 1 unspecified atom stereocenters. The van der Waals surface area contributed by atoms with Crippen LogP contribution in [0.3, 0.4) is 0 Å². The van der Waals surface area contributed by atoms with E-state index in [1.54, 1.807) is 0 Å². The maximum absolute atomic E-state index is 9.74. The van der Waals surface area contributed by atoms with Crippen LogP contribution in [-0.2, 0) is 11.8 Å². The highest BCUT2D eigenvalue weighted by molar-refractivity contribution is 7.12. The Morgan fingerprint density at radius 1 is 1.50 bits per heavy atom. The number of hydrogen-bond donors (Lipinski definition) is 1. The summed E-state index contributed by atoms with van der Waals surface area (Å²) in [7, 11) is 0. The predicted molar refractivity (Wildman–Crippen MR) is 60.9 cm³/mol. The zero-order chi connectivity index (χ0) is 10.2. The maximum atomic E-state index is 9.74. The lowest BCUT2D eigenvalue weighted by Gasteiger charge is -2.16. The molecule has 0 aromatic carbocycles. The van der Waals surface area contributed by atoms with Gasteiger partial charge in [0.25, 0.3) is 0 Å². The van der Waals surface area contributed by atoms with Gasteiger partial charge in [0.1, 0.15) is 0 Å². The predicted octanol–water partition coefficient (Wildman–Crippen LogP) is 3.11. The lowest BCUT2D eigenvalue weighted by molar-refractivity contribution is 0.152. The molecule has 1 aliphatic rings. The second-order valence-electron chi connectivity index (χ2n) is 4.35. The fourth-order valence-electron chi connectivity index (χ4n) is 2.03. The zero-order valence-corrected chi connectivity index (χ0v) is 9.73. The summed E-state index contributed by atoms with van der Waals surface area (Å²) in [5, 5.41) is 9.74. The maximum Gasteiger partial charge on any atom is 0.0616 e. The van der Waals surface area contributed by atoms with Crippen molar-refractivity contribution in [3.63, 3.8) is 0 Å². The fraction of sp³-hybridized carbons (Fsp3) is 0.667. The highest BCUT2D eigenvalue weighted by Crippen LogP contribution is 2.53. The van der Waals surface area contributed by atoms with Crippen LogP contribution in [0.25, 0.3) is 0 Å². The van der Waals surface area contributed by atoms with E-state index in [9.17, 15) is 5.11 Å². The van der Waals surface area contributed by atoms with E-state index < -0.39 is 0 Å². The average molecular weight is 210 g/mol. The van der Waals surface area contributed by atoms with Crippen molar-refractivity contribution < 1.29 is 5.11 Å². The molecule has 1 heterocycles. The molecule has 1 aromatic rings. The van der Waals surface area contributed by atoms with E-state index >= 15 is 0 Å². The topological polar surface area (TPSA) is 20.2 Å². The van der Waals surface area contributed by atoms with Gasteiger partial charge in [-0.05, 0) is 38.3 Å². The summed E-state index contributed by atoms with van der Waals surface area (Å²) in [6.07, 6.45) is 4.53. The number of aliphatic hydroxyl groups excluding tert-OH is 1. The van der Waals surface area contributed by atoms with Crippen LogP contribution in [0.4, 0.5) is 0 Å². The zero-order valence-electron chi connectivity index (χ0n) is 8.92. The van der Waals surface area contributed by atoms with Crippen molar-refractivity contribution in [3.8, 4) is 0 Å². The van der Waals surface area contributed by atoms with Gasteiger partial charge in [-0.1, -0.05) is 13.3 Å². The molecule has 1 fully saturated rings. The molecule has 0 bridgehead atoms. The van der Waals surface area contributed by atoms with Crippen molar-refractivity contribution in [3.05, 3.63) is 21.9 Å². The minimum absolute atomic E-state index is 0.136. The standard InChI is InChI=1S/C12H18OS/c1-3-4-10-5-6-11(14-10)12(7-8-12)9(2)13/h5-6,9,13H,3-4,7-8H2,1-2H3. The first-order valence-electron chi connectivity index (χ1n) is 5.46. The molecule has 2 rings (SSSR count). The van der Waals surface area contributed by atoms with Gasteiger partial charge in [-0.2, -0.15) is 0 Å². The van der Waals surface area contributed by atoms with Gasteiger partial charge in [-0.15, -0.1) is 11.3 Å². The molecule has 1 atom stereocenters. The average Bonchev–Trinajstić information content (AvgIpc) is 2.84. The van der Waals surface area contributed by atoms with E-state index in [1.807, 2.05) is 18.3 Å².